The summed E-state index contributed by atoms with van der Waals surface area (Å²) >= 11 is 0. The molecular formula is C28H36N2O2. The molecule has 0 fully saturated rings. The largest absolute Gasteiger partial charge is 0.354 e. The molecular weight excluding hydrogens is 396 g/mol. The molecule has 2 aromatic rings. The van der Waals surface area contributed by atoms with Gasteiger partial charge in [-0.3, -0.25) is 9.59 Å². The van der Waals surface area contributed by atoms with Crippen LogP contribution in [0.3, 0.4) is 0 Å². The zero-order chi connectivity index (χ0) is 22.6. The Kier molecular flexibility index (Phi) is 9.55. The standard InChI is InChI=1S/C28H36N2O2/c1-2-12-27(31)30(22-25-17-10-5-11-18-25)26(21-24-15-8-4-9-16-24)28(32)29-20-19-23-13-6-3-7-14-23/h4-5,8-11,13,15-18,26H,2-3,6-7,12,14,19-22H2,1H3,(H,29,32)/t26-/m0/s1. The second-order valence-corrected chi connectivity index (χ2v) is 8.61. The fraction of sp³-hybridized carbons (Fsp3) is 0.429. The first-order chi connectivity index (χ1) is 15.7. The Labute approximate surface area is 192 Å². The molecule has 0 saturated heterocycles. The molecule has 3 rings (SSSR count). The Morgan fingerprint density at radius 3 is 2.28 bits per heavy atom. The van der Waals surface area contributed by atoms with Gasteiger partial charge in [0.15, 0.2) is 0 Å². The van der Waals surface area contributed by atoms with E-state index >= 15 is 0 Å². The lowest BCUT2D eigenvalue weighted by atomic mass is 9.97. The summed E-state index contributed by atoms with van der Waals surface area (Å²) in [7, 11) is 0. The molecule has 4 heteroatoms. The normalized spacial score (nSPS) is 14.3. The smallest absolute Gasteiger partial charge is 0.243 e. The molecule has 0 heterocycles. The maximum Gasteiger partial charge on any atom is 0.243 e. The summed E-state index contributed by atoms with van der Waals surface area (Å²) in [5, 5.41) is 3.14. The summed E-state index contributed by atoms with van der Waals surface area (Å²) in [6.45, 7) is 3.07. The number of hydrogen-bond donors (Lipinski definition) is 1. The minimum Gasteiger partial charge on any atom is -0.354 e. The van der Waals surface area contributed by atoms with Gasteiger partial charge in [0.2, 0.25) is 11.8 Å². The van der Waals surface area contributed by atoms with Crippen molar-refractivity contribution in [1.29, 1.82) is 0 Å². The maximum absolute atomic E-state index is 13.4. The quantitative estimate of drug-likeness (QED) is 0.481. The maximum atomic E-state index is 13.4. The van der Waals surface area contributed by atoms with E-state index in [9.17, 15) is 9.59 Å². The summed E-state index contributed by atoms with van der Waals surface area (Å²) in [5.74, 6) is -0.0342. The molecule has 0 unspecified atom stereocenters. The summed E-state index contributed by atoms with van der Waals surface area (Å²) < 4.78 is 0. The molecule has 2 aromatic carbocycles. The first-order valence-corrected chi connectivity index (χ1v) is 12.0. The molecule has 1 aliphatic rings. The lowest BCUT2D eigenvalue weighted by Gasteiger charge is -2.31. The number of carbonyl (C=O) groups is 2. The van der Waals surface area contributed by atoms with Crippen molar-refractivity contribution in [3.8, 4) is 0 Å². The number of rotatable bonds is 11. The van der Waals surface area contributed by atoms with Gasteiger partial charge in [-0.25, -0.2) is 0 Å². The van der Waals surface area contributed by atoms with Gasteiger partial charge in [0.05, 0.1) is 0 Å². The van der Waals surface area contributed by atoms with Crippen LogP contribution in [0.15, 0.2) is 72.3 Å². The molecule has 0 aromatic heterocycles. The van der Waals surface area contributed by atoms with Crippen LogP contribution in [-0.4, -0.2) is 29.3 Å². The van der Waals surface area contributed by atoms with Crippen molar-refractivity contribution in [3.05, 3.63) is 83.4 Å². The van der Waals surface area contributed by atoms with Gasteiger partial charge in [-0.05, 0) is 49.7 Å². The van der Waals surface area contributed by atoms with E-state index in [1.54, 1.807) is 4.90 Å². The highest BCUT2D eigenvalue weighted by atomic mass is 16.2. The summed E-state index contributed by atoms with van der Waals surface area (Å²) in [4.78, 5) is 28.3. The van der Waals surface area contributed by atoms with E-state index in [4.69, 9.17) is 0 Å². The van der Waals surface area contributed by atoms with Crippen molar-refractivity contribution in [1.82, 2.24) is 10.2 Å². The van der Waals surface area contributed by atoms with Crippen molar-refractivity contribution in [2.24, 2.45) is 0 Å². The van der Waals surface area contributed by atoms with Gasteiger partial charge >= 0.3 is 0 Å². The van der Waals surface area contributed by atoms with Crippen LogP contribution in [0.25, 0.3) is 0 Å². The van der Waals surface area contributed by atoms with Crippen molar-refractivity contribution < 1.29 is 9.59 Å². The van der Waals surface area contributed by atoms with Crippen LogP contribution in [0.2, 0.25) is 0 Å². The molecule has 0 aliphatic heterocycles. The predicted octanol–water partition coefficient (Wildman–Crippen LogP) is 5.43. The first-order valence-electron chi connectivity index (χ1n) is 12.0. The molecule has 0 saturated carbocycles. The third-order valence-electron chi connectivity index (χ3n) is 6.06. The average Bonchev–Trinajstić information content (AvgIpc) is 2.83. The van der Waals surface area contributed by atoms with Crippen LogP contribution in [-0.2, 0) is 22.6 Å². The number of nitrogens with zero attached hydrogens (tertiary/aromatic N) is 1. The minimum absolute atomic E-state index is 0.0300. The van der Waals surface area contributed by atoms with Gasteiger partial charge < -0.3 is 10.2 Å². The Hall–Kier alpha value is -2.88. The van der Waals surface area contributed by atoms with E-state index in [1.165, 1.54) is 18.4 Å². The summed E-state index contributed by atoms with van der Waals surface area (Å²) in [6.07, 6.45) is 9.73. The van der Waals surface area contributed by atoms with Crippen LogP contribution in [0.4, 0.5) is 0 Å². The van der Waals surface area contributed by atoms with Gasteiger partial charge in [0, 0.05) is 25.9 Å². The summed E-state index contributed by atoms with van der Waals surface area (Å²) in [5.41, 5.74) is 3.54. The van der Waals surface area contributed by atoms with E-state index in [0.717, 1.165) is 36.8 Å². The Morgan fingerprint density at radius 1 is 0.969 bits per heavy atom. The van der Waals surface area contributed by atoms with Crippen LogP contribution in [0, 0.1) is 0 Å². The Bertz CT molecular complexity index is 877. The number of nitrogens with one attached hydrogen (secondary N) is 1. The highest BCUT2D eigenvalue weighted by Gasteiger charge is 2.29. The number of amides is 2. The molecule has 0 spiro atoms. The van der Waals surface area contributed by atoms with Gasteiger partial charge in [-0.15, -0.1) is 0 Å². The van der Waals surface area contributed by atoms with Gasteiger partial charge in [-0.2, -0.15) is 0 Å². The van der Waals surface area contributed by atoms with Crippen molar-refractivity contribution in [2.75, 3.05) is 6.54 Å². The van der Waals surface area contributed by atoms with E-state index in [-0.39, 0.29) is 11.8 Å². The van der Waals surface area contributed by atoms with Gasteiger partial charge in [0.25, 0.3) is 0 Å². The van der Waals surface area contributed by atoms with Crippen molar-refractivity contribution in [2.45, 2.75) is 70.9 Å². The monoisotopic (exact) mass is 432 g/mol. The molecule has 4 nitrogen and oxygen atoms in total. The van der Waals surface area contributed by atoms with Crippen LogP contribution < -0.4 is 5.32 Å². The Morgan fingerprint density at radius 2 is 1.66 bits per heavy atom. The Balaban J connectivity index is 1.77. The second-order valence-electron chi connectivity index (χ2n) is 8.61. The third-order valence-corrected chi connectivity index (χ3v) is 6.06. The molecule has 2 amide bonds. The molecule has 0 radical (unpaired) electrons. The molecule has 1 aliphatic carbocycles. The SMILES string of the molecule is CCCC(=O)N(Cc1ccccc1)[C@@H](Cc1ccccc1)C(=O)NCCC1=CCCCC1. The third kappa shape index (κ3) is 7.37. The molecule has 1 N–H and O–H groups in total. The number of hydrogen-bond acceptors (Lipinski definition) is 2. The minimum atomic E-state index is -0.531. The zero-order valence-electron chi connectivity index (χ0n) is 19.3. The zero-order valence-corrected chi connectivity index (χ0v) is 19.3. The highest BCUT2D eigenvalue weighted by molar-refractivity contribution is 5.88. The topological polar surface area (TPSA) is 49.4 Å². The second kappa shape index (κ2) is 12.8. The lowest BCUT2D eigenvalue weighted by Crippen LogP contribution is -2.50. The van der Waals surface area contributed by atoms with Crippen LogP contribution >= 0.6 is 0 Å². The predicted molar refractivity (Wildman–Crippen MR) is 130 cm³/mol. The van der Waals surface area contributed by atoms with E-state index in [1.807, 2.05) is 67.6 Å². The number of benzene rings is 2. The lowest BCUT2D eigenvalue weighted by molar-refractivity contribution is -0.141. The van der Waals surface area contributed by atoms with Crippen LogP contribution in [0.5, 0.6) is 0 Å². The molecule has 170 valence electrons. The molecule has 0 bridgehead atoms. The van der Waals surface area contributed by atoms with Crippen LogP contribution in [0.1, 0.15) is 63.0 Å². The first kappa shape index (κ1) is 23.8. The number of carbonyl (C=O) groups excluding carboxylic acids is 2. The summed E-state index contributed by atoms with van der Waals surface area (Å²) in [6, 6.07) is 19.4. The van der Waals surface area contributed by atoms with E-state index < -0.39 is 6.04 Å². The number of allylic oxidation sites excluding steroid dienone is 1. The highest BCUT2D eigenvalue weighted by Crippen LogP contribution is 2.20. The van der Waals surface area contributed by atoms with Gasteiger partial charge in [-0.1, -0.05) is 79.2 Å². The molecule has 1 atom stereocenters. The van der Waals surface area contributed by atoms with Crippen molar-refractivity contribution in [3.63, 3.8) is 0 Å². The fourth-order valence-electron chi connectivity index (χ4n) is 4.29. The van der Waals surface area contributed by atoms with E-state index in [2.05, 4.69) is 11.4 Å². The molecule has 32 heavy (non-hydrogen) atoms. The van der Waals surface area contributed by atoms with E-state index in [0.29, 0.717) is 25.9 Å². The van der Waals surface area contributed by atoms with Gasteiger partial charge in [0.1, 0.15) is 6.04 Å². The average molecular weight is 433 g/mol. The fourth-order valence-corrected chi connectivity index (χ4v) is 4.29. The van der Waals surface area contributed by atoms with Crippen molar-refractivity contribution >= 4 is 11.8 Å².